The molecule has 0 aromatic heterocycles. The summed E-state index contributed by atoms with van der Waals surface area (Å²) in [4.78, 5) is 12.4. The summed E-state index contributed by atoms with van der Waals surface area (Å²) in [5.74, 6) is 0.524. The predicted molar refractivity (Wildman–Crippen MR) is 103 cm³/mol. The summed E-state index contributed by atoms with van der Waals surface area (Å²) < 4.78 is 30.7. The van der Waals surface area contributed by atoms with Gasteiger partial charge in [0.15, 0.2) is 0 Å². The predicted octanol–water partition coefficient (Wildman–Crippen LogP) is 3.53. The van der Waals surface area contributed by atoms with Gasteiger partial charge in [0.25, 0.3) is 5.91 Å². The molecule has 2 aromatic carbocycles. The summed E-state index contributed by atoms with van der Waals surface area (Å²) >= 11 is 6.24. The molecule has 1 saturated heterocycles. The lowest BCUT2D eigenvalue weighted by Crippen LogP contribution is -2.25. The summed E-state index contributed by atoms with van der Waals surface area (Å²) in [5.41, 5.74) is 1.40. The third-order valence-corrected chi connectivity index (χ3v) is 6.20. The topological polar surface area (TPSA) is 75.7 Å². The first-order chi connectivity index (χ1) is 12.4. The van der Waals surface area contributed by atoms with Crippen LogP contribution in [0.25, 0.3) is 0 Å². The molecule has 0 unspecified atom stereocenters. The Bertz CT molecular complexity index is 913. The first kappa shape index (κ1) is 18.5. The van der Waals surface area contributed by atoms with E-state index >= 15 is 0 Å². The van der Waals surface area contributed by atoms with Crippen LogP contribution in [0.5, 0.6) is 5.75 Å². The Morgan fingerprint density at radius 1 is 1.23 bits per heavy atom. The lowest BCUT2D eigenvalue weighted by Gasteiger charge is -2.18. The third-order valence-electron chi connectivity index (χ3n) is 4.02. The molecule has 1 fully saturated rings. The maximum Gasteiger partial charge on any atom is 0.255 e. The van der Waals surface area contributed by atoms with Gasteiger partial charge in [0.2, 0.25) is 10.0 Å². The molecule has 0 radical (unpaired) electrons. The van der Waals surface area contributed by atoms with Gasteiger partial charge in [-0.1, -0.05) is 11.6 Å². The highest BCUT2D eigenvalue weighted by molar-refractivity contribution is 7.93. The molecule has 0 aliphatic carbocycles. The summed E-state index contributed by atoms with van der Waals surface area (Å²) in [6.07, 6.45) is 0.593. The van der Waals surface area contributed by atoms with E-state index in [0.717, 1.165) is 0 Å². The van der Waals surface area contributed by atoms with E-state index in [0.29, 0.717) is 42.3 Å². The Kier molecular flexibility index (Phi) is 5.38. The Balaban J connectivity index is 1.74. The van der Waals surface area contributed by atoms with E-state index in [1.165, 1.54) is 4.31 Å². The molecule has 26 heavy (non-hydrogen) atoms. The van der Waals surface area contributed by atoms with Crippen molar-refractivity contribution in [3.63, 3.8) is 0 Å². The van der Waals surface area contributed by atoms with Crippen LogP contribution in [-0.4, -0.2) is 33.2 Å². The normalized spacial score (nSPS) is 15.7. The Labute approximate surface area is 157 Å². The number of carbonyl (C=O) groups is 1. The summed E-state index contributed by atoms with van der Waals surface area (Å²) in [6.45, 7) is 2.89. The second-order valence-electron chi connectivity index (χ2n) is 5.82. The first-order valence-corrected chi connectivity index (χ1v) is 10.2. The number of anilines is 2. The average molecular weight is 395 g/mol. The molecular weight excluding hydrogens is 376 g/mol. The molecule has 3 rings (SSSR count). The largest absolute Gasteiger partial charge is 0.494 e. The monoisotopic (exact) mass is 394 g/mol. The molecule has 138 valence electrons. The lowest BCUT2D eigenvalue weighted by atomic mass is 10.2. The number of hydrogen-bond donors (Lipinski definition) is 1. The van der Waals surface area contributed by atoms with Gasteiger partial charge >= 0.3 is 0 Å². The van der Waals surface area contributed by atoms with Gasteiger partial charge in [-0.15, -0.1) is 0 Å². The van der Waals surface area contributed by atoms with Crippen molar-refractivity contribution >= 4 is 38.9 Å². The standard InChI is InChI=1S/C18H19ClN2O4S/c1-2-25-15-7-4-13(5-8-15)18(22)20-17-9-6-14(12-16(17)19)21-10-3-11-26(21,23)24/h4-9,12H,2-3,10-11H2,1H3,(H,20,22). The molecule has 8 heteroatoms. The van der Waals surface area contributed by atoms with Gasteiger partial charge in [0, 0.05) is 12.1 Å². The maximum absolute atomic E-state index is 12.4. The molecule has 0 bridgehead atoms. The van der Waals surface area contributed by atoms with E-state index in [4.69, 9.17) is 16.3 Å². The highest BCUT2D eigenvalue weighted by Crippen LogP contribution is 2.31. The van der Waals surface area contributed by atoms with Crippen molar-refractivity contribution in [2.24, 2.45) is 0 Å². The fourth-order valence-electron chi connectivity index (χ4n) is 2.75. The minimum Gasteiger partial charge on any atom is -0.494 e. The van der Waals surface area contributed by atoms with Crippen LogP contribution in [0.4, 0.5) is 11.4 Å². The molecule has 0 saturated carbocycles. The summed E-state index contributed by atoms with van der Waals surface area (Å²) in [6, 6.07) is 11.6. The zero-order valence-electron chi connectivity index (χ0n) is 14.2. The Morgan fingerprint density at radius 3 is 2.54 bits per heavy atom. The minimum absolute atomic E-state index is 0.140. The molecule has 1 aliphatic heterocycles. The number of carbonyl (C=O) groups excluding carboxylic acids is 1. The van der Waals surface area contributed by atoms with Crippen LogP contribution in [0.1, 0.15) is 23.7 Å². The fourth-order valence-corrected chi connectivity index (χ4v) is 4.53. The molecule has 1 amide bonds. The fraction of sp³-hybridized carbons (Fsp3) is 0.278. The van der Waals surface area contributed by atoms with Crippen LogP contribution >= 0.6 is 11.6 Å². The molecular formula is C18H19ClN2O4S. The SMILES string of the molecule is CCOc1ccc(C(=O)Nc2ccc(N3CCCS3(=O)=O)cc2Cl)cc1. The quantitative estimate of drug-likeness (QED) is 0.841. The summed E-state index contributed by atoms with van der Waals surface area (Å²) in [5, 5.41) is 3.02. The van der Waals surface area contributed by atoms with Crippen LogP contribution in [0, 0.1) is 0 Å². The first-order valence-electron chi connectivity index (χ1n) is 8.25. The van der Waals surface area contributed by atoms with E-state index < -0.39 is 10.0 Å². The van der Waals surface area contributed by atoms with Crippen molar-refractivity contribution < 1.29 is 17.9 Å². The van der Waals surface area contributed by atoms with E-state index in [9.17, 15) is 13.2 Å². The van der Waals surface area contributed by atoms with E-state index in [-0.39, 0.29) is 16.7 Å². The van der Waals surface area contributed by atoms with Gasteiger partial charge in [-0.2, -0.15) is 0 Å². The number of benzene rings is 2. The highest BCUT2D eigenvalue weighted by Gasteiger charge is 2.28. The number of hydrogen-bond acceptors (Lipinski definition) is 4. The smallest absolute Gasteiger partial charge is 0.255 e. The Hall–Kier alpha value is -2.25. The van der Waals surface area contributed by atoms with Crippen LogP contribution < -0.4 is 14.4 Å². The summed E-state index contributed by atoms with van der Waals surface area (Å²) in [7, 11) is -3.27. The van der Waals surface area contributed by atoms with Crippen LogP contribution in [0.2, 0.25) is 5.02 Å². The molecule has 0 atom stereocenters. The zero-order chi connectivity index (χ0) is 18.7. The second-order valence-corrected chi connectivity index (χ2v) is 8.24. The van der Waals surface area contributed by atoms with Gasteiger partial charge in [-0.05, 0) is 55.8 Å². The van der Waals surface area contributed by atoms with Crippen molar-refractivity contribution in [1.82, 2.24) is 0 Å². The van der Waals surface area contributed by atoms with Crippen LogP contribution in [-0.2, 0) is 10.0 Å². The Morgan fingerprint density at radius 2 is 1.96 bits per heavy atom. The van der Waals surface area contributed by atoms with Gasteiger partial charge in [0.1, 0.15) is 5.75 Å². The number of nitrogens with one attached hydrogen (secondary N) is 1. The van der Waals surface area contributed by atoms with Crippen molar-refractivity contribution in [2.45, 2.75) is 13.3 Å². The third kappa shape index (κ3) is 3.94. The average Bonchev–Trinajstić information content (AvgIpc) is 2.97. The minimum atomic E-state index is -3.27. The van der Waals surface area contributed by atoms with Crippen molar-refractivity contribution in [3.8, 4) is 5.75 Å². The molecule has 2 aromatic rings. The number of ether oxygens (including phenoxy) is 1. The number of halogens is 1. The van der Waals surface area contributed by atoms with Crippen LogP contribution in [0.3, 0.4) is 0 Å². The van der Waals surface area contributed by atoms with Crippen molar-refractivity contribution in [3.05, 3.63) is 53.1 Å². The van der Waals surface area contributed by atoms with Gasteiger partial charge < -0.3 is 10.1 Å². The number of nitrogens with zero attached hydrogens (tertiary/aromatic N) is 1. The molecule has 6 nitrogen and oxygen atoms in total. The highest BCUT2D eigenvalue weighted by atomic mass is 35.5. The number of sulfonamides is 1. The van der Waals surface area contributed by atoms with Crippen molar-refractivity contribution in [1.29, 1.82) is 0 Å². The van der Waals surface area contributed by atoms with Crippen LogP contribution in [0.15, 0.2) is 42.5 Å². The lowest BCUT2D eigenvalue weighted by molar-refractivity contribution is 0.102. The molecule has 1 N–H and O–H groups in total. The van der Waals surface area contributed by atoms with E-state index in [1.807, 2.05) is 6.92 Å². The number of amides is 1. The maximum atomic E-state index is 12.4. The molecule has 0 spiro atoms. The van der Waals surface area contributed by atoms with Gasteiger partial charge in [0.05, 0.1) is 28.8 Å². The van der Waals surface area contributed by atoms with Gasteiger partial charge in [-0.3, -0.25) is 9.10 Å². The van der Waals surface area contributed by atoms with Crippen molar-refractivity contribution in [2.75, 3.05) is 28.5 Å². The number of rotatable bonds is 5. The van der Waals surface area contributed by atoms with Gasteiger partial charge in [-0.25, -0.2) is 8.42 Å². The van der Waals surface area contributed by atoms with E-state index in [2.05, 4.69) is 5.32 Å². The second kappa shape index (κ2) is 7.55. The molecule has 1 heterocycles. The zero-order valence-corrected chi connectivity index (χ0v) is 15.8. The molecule has 1 aliphatic rings. The van der Waals surface area contributed by atoms with E-state index in [1.54, 1.807) is 42.5 Å².